The van der Waals surface area contributed by atoms with Crippen LogP contribution >= 0.6 is 0 Å². The Morgan fingerprint density at radius 3 is 2.50 bits per heavy atom. The summed E-state index contributed by atoms with van der Waals surface area (Å²) >= 11 is 0. The molecule has 0 bridgehead atoms. The van der Waals surface area contributed by atoms with Crippen molar-refractivity contribution in [2.45, 2.75) is 31.0 Å². The number of aliphatic carboxylic acids is 1. The Morgan fingerprint density at radius 1 is 1.19 bits per heavy atom. The summed E-state index contributed by atoms with van der Waals surface area (Å²) in [6, 6.07) is 9.48. The van der Waals surface area contributed by atoms with E-state index in [0.29, 0.717) is 36.4 Å². The molecule has 5 rings (SSSR count). The summed E-state index contributed by atoms with van der Waals surface area (Å²) < 4.78 is 47.2. The van der Waals surface area contributed by atoms with Crippen molar-refractivity contribution in [3.05, 3.63) is 42.0 Å². The summed E-state index contributed by atoms with van der Waals surface area (Å²) in [5.74, 6) is -1.34. The largest absolute Gasteiger partial charge is 1.00 e. The number of carboxylic acid groups (broad SMARTS) is 1. The Balaban J connectivity index is 0.00000245. The fourth-order valence-electron chi connectivity index (χ4n) is 4.78. The van der Waals surface area contributed by atoms with Crippen molar-refractivity contribution in [2.75, 3.05) is 36.5 Å². The van der Waals surface area contributed by atoms with Crippen molar-refractivity contribution in [1.82, 2.24) is 0 Å². The topological polar surface area (TPSA) is 55.8 Å². The molecule has 2 aromatic rings. The molecule has 1 saturated carbocycles. The van der Waals surface area contributed by atoms with E-state index >= 15 is 0 Å². The van der Waals surface area contributed by atoms with Gasteiger partial charge in [-0.15, -0.1) is 0 Å². The number of carbonyl (C=O) groups excluding carboxylic acids is 1. The minimum absolute atomic E-state index is 0. The molecule has 9 heteroatoms. The second-order valence-electron chi connectivity index (χ2n) is 8.83. The van der Waals surface area contributed by atoms with Crippen molar-refractivity contribution in [2.24, 2.45) is 5.92 Å². The van der Waals surface area contributed by atoms with E-state index in [1.807, 2.05) is 29.0 Å². The van der Waals surface area contributed by atoms with Crippen LogP contribution in [0.1, 0.15) is 24.8 Å². The molecule has 1 aliphatic carbocycles. The summed E-state index contributed by atoms with van der Waals surface area (Å²) in [7, 11) is 1.89. The van der Waals surface area contributed by atoms with E-state index in [-0.39, 0.29) is 35.3 Å². The maximum Gasteiger partial charge on any atom is 1.00 e. The monoisotopic (exact) mass is 454 g/mol. The quantitative estimate of drug-likeness (QED) is 0.626. The average molecular weight is 454 g/mol. The number of ether oxygens (including phenoxy) is 1. The molecule has 0 amide bonds. The van der Waals surface area contributed by atoms with Gasteiger partial charge in [-0.05, 0) is 49.1 Å². The van der Waals surface area contributed by atoms with Crippen molar-refractivity contribution in [3.8, 4) is 16.9 Å². The van der Waals surface area contributed by atoms with E-state index in [1.165, 1.54) is 6.07 Å². The number of anilines is 2. The fraction of sp³-hybridized carbons (Fsp3) is 0.435. The number of rotatable bonds is 3. The van der Waals surface area contributed by atoms with Crippen molar-refractivity contribution in [3.63, 3.8) is 0 Å². The van der Waals surface area contributed by atoms with Crippen LogP contribution in [-0.2, 0) is 11.0 Å². The van der Waals surface area contributed by atoms with Crippen LogP contribution in [0, 0.1) is 5.92 Å². The first-order chi connectivity index (χ1) is 14.7. The van der Waals surface area contributed by atoms with E-state index < -0.39 is 29.2 Å². The van der Waals surface area contributed by atoms with Crippen LogP contribution in [0.15, 0.2) is 36.4 Å². The summed E-state index contributed by atoms with van der Waals surface area (Å²) in [5.41, 5.74) is 1.38. The third-order valence-corrected chi connectivity index (χ3v) is 6.64. The molecule has 32 heavy (non-hydrogen) atoms. The molecule has 2 heterocycles. The van der Waals surface area contributed by atoms with Gasteiger partial charge >= 0.3 is 35.7 Å². The second kappa shape index (κ2) is 8.15. The van der Waals surface area contributed by atoms with Gasteiger partial charge in [0.15, 0.2) is 0 Å². The minimum atomic E-state index is -4.49. The number of hydrogen-bond donors (Lipinski definition) is 0. The summed E-state index contributed by atoms with van der Waals surface area (Å²) in [6.45, 7) is 1.30. The maximum atomic E-state index is 13.7. The summed E-state index contributed by atoms with van der Waals surface area (Å²) in [5, 5.41) is 11.0. The average Bonchev–Trinajstić information content (AvgIpc) is 2.63. The number of nitrogens with zero attached hydrogens (tertiary/aromatic N) is 2. The molecule has 2 aliphatic heterocycles. The van der Waals surface area contributed by atoms with Crippen LogP contribution in [0.3, 0.4) is 0 Å². The molecule has 164 valence electrons. The molecule has 0 atom stereocenters. The molecule has 1 saturated heterocycles. The predicted molar refractivity (Wildman–Crippen MR) is 108 cm³/mol. The van der Waals surface area contributed by atoms with Gasteiger partial charge in [0.2, 0.25) is 0 Å². The van der Waals surface area contributed by atoms with E-state index in [9.17, 15) is 23.1 Å². The standard InChI is InChI=1S/C23H23F3N2O3.Na/c1-27-13-22(6-3-7-22)31-19-10-16(23(24,25)26)9-18(20(19)27)14-4-2-5-17(8-14)28-11-15(12-28)21(29)30;/h2,4-5,8-10,15H,3,6-7,11-13H2,1H3,(H,29,30);/q;+1/p-1. The Hall–Kier alpha value is -1.90. The number of halogens is 3. The van der Waals surface area contributed by atoms with Crippen molar-refractivity contribution >= 4 is 17.3 Å². The molecule has 2 aromatic carbocycles. The maximum absolute atomic E-state index is 13.7. The number of benzene rings is 2. The van der Waals surface area contributed by atoms with Gasteiger partial charge in [0.05, 0.1) is 17.8 Å². The molecule has 0 N–H and O–H groups in total. The molecule has 3 aliphatic rings. The van der Waals surface area contributed by atoms with Crippen LogP contribution in [0.4, 0.5) is 24.5 Å². The van der Waals surface area contributed by atoms with Crippen molar-refractivity contribution in [1.29, 1.82) is 0 Å². The first-order valence-electron chi connectivity index (χ1n) is 10.4. The number of likely N-dealkylation sites (N-methyl/N-ethyl adjacent to an activating group) is 1. The Bertz CT molecular complexity index is 1050. The Morgan fingerprint density at radius 2 is 1.91 bits per heavy atom. The molecular weight excluding hydrogens is 432 g/mol. The van der Waals surface area contributed by atoms with Gasteiger partial charge in [-0.25, -0.2) is 0 Å². The number of carbonyl (C=O) groups is 1. The molecule has 1 spiro atoms. The van der Waals surface area contributed by atoms with Crippen LogP contribution in [-0.4, -0.2) is 38.3 Å². The molecule has 5 nitrogen and oxygen atoms in total. The SMILES string of the molecule is CN1CC2(CCC2)Oc2cc(C(F)(F)F)cc(-c3cccc(N4CC(C(=O)[O-])C4)c3)c21.[Na+]. The second-order valence-corrected chi connectivity index (χ2v) is 8.83. The zero-order chi connectivity index (χ0) is 22.0. The van der Waals surface area contributed by atoms with E-state index in [0.717, 1.165) is 31.0 Å². The van der Waals surface area contributed by atoms with Gasteiger partial charge in [-0.1, -0.05) is 12.1 Å². The van der Waals surface area contributed by atoms with E-state index in [1.54, 1.807) is 12.1 Å². The van der Waals surface area contributed by atoms with Crippen LogP contribution in [0.5, 0.6) is 5.75 Å². The summed E-state index contributed by atoms with van der Waals surface area (Å²) in [4.78, 5) is 14.9. The van der Waals surface area contributed by atoms with Gasteiger partial charge in [0.25, 0.3) is 0 Å². The normalized spacial score (nSPS) is 19.4. The van der Waals surface area contributed by atoms with Crippen LogP contribution in [0.2, 0.25) is 0 Å². The molecule has 0 aromatic heterocycles. The smallest absolute Gasteiger partial charge is 0.550 e. The third-order valence-electron chi connectivity index (χ3n) is 6.64. The number of carboxylic acids is 1. The Labute approximate surface area is 206 Å². The molecule has 2 fully saturated rings. The summed E-state index contributed by atoms with van der Waals surface area (Å²) in [6.07, 6.45) is -1.80. The van der Waals surface area contributed by atoms with Gasteiger partial charge in [0, 0.05) is 43.3 Å². The zero-order valence-corrected chi connectivity index (χ0v) is 20.0. The van der Waals surface area contributed by atoms with Gasteiger partial charge in [-0.3, -0.25) is 0 Å². The number of fused-ring (bicyclic) bond motifs is 1. The van der Waals surface area contributed by atoms with Crippen LogP contribution < -0.4 is 49.2 Å². The van der Waals surface area contributed by atoms with Crippen molar-refractivity contribution < 1.29 is 57.4 Å². The number of hydrogen-bond acceptors (Lipinski definition) is 5. The molecule has 0 radical (unpaired) electrons. The minimum Gasteiger partial charge on any atom is -0.550 e. The fourth-order valence-corrected chi connectivity index (χ4v) is 4.78. The zero-order valence-electron chi connectivity index (χ0n) is 18.0. The Kier molecular flexibility index (Phi) is 5.92. The predicted octanol–water partition coefficient (Wildman–Crippen LogP) is 0.314. The van der Waals surface area contributed by atoms with Gasteiger partial charge in [-0.2, -0.15) is 13.2 Å². The van der Waals surface area contributed by atoms with E-state index in [2.05, 4.69) is 0 Å². The van der Waals surface area contributed by atoms with Gasteiger partial charge in [0.1, 0.15) is 11.4 Å². The van der Waals surface area contributed by atoms with Gasteiger partial charge < -0.3 is 24.4 Å². The molecule has 0 unspecified atom stereocenters. The molecular formula is C23H22F3N2NaO3. The first kappa shape index (κ1) is 23.3. The first-order valence-corrected chi connectivity index (χ1v) is 10.4. The van der Waals surface area contributed by atoms with E-state index in [4.69, 9.17) is 4.74 Å². The number of alkyl halides is 3. The van der Waals surface area contributed by atoms with Crippen LogP contribution in [0.25, 0.3) is 11.1 Å². The third kappa shape index (κ3) is 3.97.